The molecular weight excluding hydrogens is 492 g/mol. The fourth-order valence-electron chi connectivity index (χ4n) is 4.23. The second-order valence-corrected chi connectivity index (χ2v) is 8.49. The highest BCUT2D eigenvalue weighted by atomic mass is 79.9. The van der Waals surface area contributed by atoms with E-state index in [1.54, 1.807) is 28.3 Å². The molecule has 4 nitrogen and oxygen atoms in total. The topological polar surface area (TPSA) is 44.8 Å². The van der Waals surface area contributed by atoms with Crippen LogP contribution in [-0.4, -0.2) is 27.1 Å². The molecule has 0 aliphatic carbocycles. The molecule has 0 saturated carbocycles. The van der Waals surface area contributed by atoms with Crippen LogP contribution in [-0.2, 0) is 0 Å². The number of ketones is 1. The summed E-state index contributed by atoms with van der Waals surface area (Å²) in [6.45, 7) is 1.57. The van der Waals surface area contributed by atoms with Gasteiger partial charge in [-0.1, -0.05) is 54.6 Å². The molecule has 0 radical (unpaired) electrons. The third-order valence-corrected chi connectivity index (χ3v) is 6.62. The van der Waals surface area contributed by atoms with Gasteiger partial charge in [0.15, 0.2) is 5.78 Å². The Balaban J connectivity index is 2.26. The summed E-state index contributed by atoms with van der Waals surface area (Å²) in [6, 6.07) is 25.4. The van der Waals surface area contributed by atoms with E-state index >= 15 is 0 Å². The third-order valence-electron chi connectivity index (χ3n) is 5.79. The molecule has 0 amide bonds. The van der Waals surface area contributed by atoms with Crippen LogP contribution >= 0.6 is 15.9 Å². The Morgan fingerprint density at radius 2 is 1.03 bits per heavy atom. The lowest BCUT2D eigenvalue weighted by Crippen LogP contribution is -2.03. The minimum Gasteiger partial charge on any atom is -0.496 e. The molecule has 4 aromatic rings. The Hall–Kier alpha value is -3.57. The molecule has 0 atom stereocenters. The van der Waals surface area contributed by atoms with Crippen LogP contribution in [0.25, 0.3) is 33.4 Å². The number of hydrogen-bond acceptors (Lipinski definition) is 4. The molecule has 0 fully saturated rings. The predicted molar refractivity (Wildman–Crippen MR) is 140 cm³/mol. The highest BCUT2D eigenvalue weighted by Crippen LogP contribution is 2.51. The zero-order valence-corrected chi connectivity index (χ0v) is 21.1. The van der Waals surface area contributed by atoms with E-state index in [0.29, 0.717) is 21.5 Å². The zero-order valence-electron chi connectivity index (χ0n) is 19.5. The lowest BCUT2D eigenvalue weighted by molar-refractivity contribution is 0.101. The largest absolute Gasteiger partial charge is 0.496 e. The van der Waals surface area contributed by atoms with Crippen molar-refractivity contribution in [2.75, 3.05) is 21.3 Å². The summed E-state index contributed by atoms with van der Waals surface area (Å²) >= 11 is 3.77. The molecule has 4 aromatic carbocycles. The van der Waals surface area contributed by atoms with Gasteiger partial charge in [-0.25, -0.2) is 0 Å². The van der Waals surface area contributed by atoms with E-state index in [1.165, 1.54) is 0 Å². The summed E-state index contributed by atoms with van der Waals surface area (Å²) in [7, 11) is 4.95. The molecule has 0 bridgehead atoms. The van der Waals surface area contributed by atoms with Crippen molar-refractivity contribution in [1.29, 1.82) is 0 Å². The summed E-state index contributed by atoms with van der Waals surface area (Å²) in [5.41, 5.74) is 5.80. The van der Waals surface area contributed by atoms with E-state index in [9.17, 15) is 4.79 Å². The van der Waals surface area contributed by atoms with Crippen molar-refractivity contribution < 1.29 is 19.0 Å². The number of carbonyl (C=O) groups is 1. The molecule has 0 unspecified atom stereocenters. The lowest BCUT2D eigenvalue weighted by Gasteiger charge is -2.23. The monoisotopic (exact) mass is 516 g/mol. The first-order valence-corrected chi connectivity index (χ1v) is 11.6. The van der Waals surface area contributed by atoms with Gasteiger partial charge in [0.2, 0.25) is 0 Å². The number of ether oxygens (including phenoxy) is 3. The summed E-state index contributed by atoms with van der Waals surface area (Å²) in [5.74, 6) is 2.08. The lowest BCUT2D eigenvalue weighted by atomic mass is 9.84. The van der Waals surface area contributed by atoms with Crippen molar-refractivity contribution in [2.45, 2.75) is 6.92 Å². The molecule has 4 rings (SSSR count). The van der Waals surface area contributed by atoms with Crippen molar-refractivity contribution in [3.05, 3.63) is 88.9 Å². The summed E-state index contributed by atoms with van der Waals surface area (Å²) in [6.07, 6.45) is 0. The molecule has 0 aliphatic rings. The standard InChI is InChI=1S/C29H25BrO4/c1-18(31)22-17-23(19-11-5-8-14-24(19)32-2)27(20-12-6-9-15-25(20)33-3)28(29(22)30)21-13-7-10-16-26(21)34-4/h5-17H,1-4H3. The van der Waals surface area contributed by atoms with Gasteiger partial charge < -0.3 is 14.2 Å². The molecule has 0 saturated heterocycles. The van der Waals surface area contributed by atoms with E-state index in [0.717, 1.165) is 39.1 Å². The Morgan fingerprint density at radius 3 is 1.50 bits per heavy atom. The minimum atomic E-state index is -0.0502. The molecule has 0 N–H and O–H groups in total. The van der Waals surface area contributed by atoms with Crippen LogP contribution in [0.3, 0.4) is 0 Å². The fourth-order valence-corrected chi connectivity index (χ4v) is 5.04. The fraction of sp³-hybridized carbons (Fsp3) is 0.138. The van der Waals surface area contributed by atoms with E-state index in [4.69, 9.17) is 14.2 Å². The third kappa shape index (κ3) is 4.19. The van der Waals surface area contributed by atoms with Crippen molar-refractivity contribution in [3.8, 4) is 50.6 Å². The van der Waals surface area contributed by atoms with E-state index in [2.05, 4.69) is 15.9 Å². The van der Waals surface area contributed by atoms with Gasteiger partial charge in [-0.05, 0) is 52.7 Å². The van der Waals surface area contributed by atoms with Gasteiger partial charge >= 0.3 is 0 Å². The van der Waals surface area contributed by atoms with Crippen LogP contribution in [0.4, 0.5) is 0 Å². The van der Waals surface area contributed by atoms with Crippen molar-refractivity contribution in [1.82, 2.24) is 0 Å². The van der Waals surface area contributed by atoms with E-state index in [-0.39, 0.29) is 5.78 Å². The van der Waals surface area contributed by atoms with Crippen molar-refractivity contribution in [2.24, 2.45) is 0 Å². The van der Waals surface area contributed by atoms with Gasteiger partial charge in [0.1, 0.15) is 17.2 Å². The van der Waals surface area contributed by atoms with E-state index in [1.807, 2.05) is 78.9 Å². The number of hydrogen-bond donors (Lipinski definition) is 0. The molecule has 0 heterocycles. The number of halogens is 1. The van der Waals surface area contributed by atoms with Crippen LogP contribution in [0.2, 0.25) is 0 Å². The van der Waals surface area contributed by atoms with Crippen molar-refractivity contribution in [3.63, 3.8) is 0 Å². The first-order valence-electron chi connectivity index (χ1n) is 10.8. The Morgan fingerprint density at radius 1 is 0.618 bits per heavy atom. The van der Waals surface area contributed by atoms with Crippen LogP contribution in [0.15, 0.2) is 83.3 Å². The predicted octanol–water partition coefficient (Wildman–Crippen LogP) is 7.68. The maximum atomic E-state index is 12.8. The molecule has 5 heteroatoms. The zero-order chi connectivity index (χ0) is 24.2. The Kier molecular flexibility index (Phi) is 7.03. The number of carbonyl (C=O) groups excluding carboxylic acids is 1. The number of para-hydroxylation sites is 3. The average molecular weight is 517 g/mol. The van der Waals surface area contributed by atoms with Gasteiger partial charge in [0, 0.05) is 37.9 Å². The minimum absolute atomic E-state index is 0.0502. The highest BCUT2D eigenvalue weighted by molar-refractivity contribution is 9.10. The van der Waals surface area contributed by atoms with Gasteiger partial charge in [-0.2, -0.15) is 0 Å². The highest BCUT2D eigenvalue weighted by Gasteiger charge is 2.26. The molecule has 34 heavy (non-hydrogen) atoms. The summed E-state index contributed by atoms with van der Waals surface area (Å²) in [4.78, 5) is 12.8. The van der Waals surface area contributed by atoms with Crippen LogP contribution in [0, 0.1) is 0 Å². The first-order chi connectivity index (χ1) is 16.5. The molecule has 0 aliphatic heterocycles. The van der Waals surface area contributed by atoms with E-state index < -0.39 is 0 Å². The Labute approximate surface area is 208 Å². The van der Waals surface area contributed by atoms with Crippen LogP contribution < -0.4 is 14.2 Å². The smallest absolute Gasteiger partial charge is 0.160 e. The number of benzene rings is 4. The maximum absolute atomic E-state index is 12.8. The maximum Gasteiger partial charge on any atom is 0.160 e. The number of Topliss-reactive ketones (excluding diaryl/α,β-unsaturated/α-hetero) is 1. The molecular formula is C29H25BrO4. The second kappa shape index (κ2) is 10.1. The normalized spacial score (nSPS) is 10.6. The van der Waals surface area contributed by atoms with Crippen LogP contribution in [0.5, 0.6) is 17.2 Å². The van der Waals surface area contributed by atoms with Gasteiger partial charge in [-0.3, -0.25) is 4.79 Å². The number of methoxy groups -OCH3 is 3. The van der Waals surface area contributed by atoms with Gasteiger partial charge in [0.25, 0.3) is 0 Å². The first kappa shape index (κ1) is 23.6. The van der Waals surface area contributed by atoms with Crippen LogP contribution in [0.1, 0.15) is 17.3 Å². The molecule has 0 spiro atoms. The summed E-state index contributed by atoms with van der Waals surface area (Å²) < 4.78 is 17.9. The SMILES string of the molecule is COc1ccccc1-c1cc(C(C)=O)c(Br)c(-c2ccccc2OC)c1-c1ccccc1OC. The van der Waals surface area contributed by atoms with Crippen molar-refractivity contribution >= 4 is 21.7 Å². The summed E-state index contributed by atoms with van der Waals surface area (Å²) in [5, 5.41) is 0. The quantitative estimate of drug-likeness (QED) is 0.236. The Bertz CT molecular complexity index is 1360. The van der Waals surface area contributed by atoms with Gasteiger partial charge in [-0.15, -0.1) is 0 Å². The molecule has 0 aromatic heterocycles. The number of rotatable bonds is 7. The average Bonchev–Trinajstić information content (AvgIpc) is 2.88. The van der Waals surface area contributed by atoms with Gasteiger partial charge in [0.05, 0.1) is 21.3 Å². The molecule has 172 valence electrons. The second-order valence-electron chi connectivity index (χ2n) is 7.69.